The van der Waals surface area contributed by atoms with Gasteiger partial charge in [-0.2, -0.15) is 0 Å². The summed E-state index contributed by atoms with van der Waals surface area (Å²) in [6.07, 6.45) is 0.620. The molecule has 0 spiro atoms. The van der Waals surface area contributed by atoms with Gasteiger partial charge in [0.15, 0.2) is 0 Å². The first-order valence-corrected chi connectivity index (χ1v) is 8.24. The number of aryl methyl sites for hydroxylation is 1. The molecule has 5 heteroatoms. The zero-order chi connectivity index (χ0) is 14.9. The Morgan fingerprint density at radius 1 is 1.05 bits per heavy atom. The predicted molar refractivity (Wildman–Crippen MR) is 82.7 cm³/mol. The highest BCUT2D eigenvalue weighted by molar-refractivity contribution is 7.90. The Morgan fingerprint density at radius 2 is 1.67 bits per heavy atom. The number of hydrogen-bond acceptors (Lipinski definition) is 3. The fourth-order valence-electron chi connectivity index (χ4n) is 2.22. The average molecular weight is 300 g/mol. The van der Waals surface area contributed by atoms with Crippen LogP contribution in [0.2, 0.25) is 0 Å². The number of sulfonamides is 1. The Bertz CT molecular complexity index is 766. The molecule has 108 valence electrons. The van der Waals surface area contributed by atoms with Crippen molar-refractivity contribution in [2.45, 2.75) is 24.3 Å². The first-order valence-electron chi connectivity index (χ1n) is 6.76. The van der Waals surface area contributed by atoms with Crippen LogP contribution in [0.15, 0.2) is 64.5 Å². The second-order valence-corrected chi connectivity index (χ2v) is 6.81. The molecule has 2 aromatic rings. The molecule has 3 rings (SSSR count). The summed E-state index contributed by atoms with van der Waals surface area (Å²) in [5, 5.41) is 0. The molecule has 1 atom stereocenters. The van der Waals surface area contributed by atoms with Gasteiger partial charge < -0.3 is 0 Å². The van der Waals surface area contributed by atoms with Crippen molar-refractivity contribution in [1.29, 1.82) is 0 Å². The number of benzene rings is 2. The molecule has 0 bridgehead atoms. The average Bonchev–Trinajstić information content (AvgIpc) is 2.44. The third-order valence-electron chi connectivity index (χ3n) is 3.47. The van der Waals surface area contributed by atoms with Gasteiger partial charge in [-0.3, -0.25) is 9.71 Å². The molecule has 0 amide bonds. The topological polar surface area (TPSA) is 58.5 Å². The molecule has 0 saturated heterocycles. The first kappa shape index (κ1) is 13.8. The van der Waals surface area contributed by atoms with Crippen LogP contribution in [-0.2, 0) is 10.0 Å². The van der Waals surface area contributed by atoms with Gasteiger partial charge in [-0.25, -0.2) is 8.42 Å². The largest absolute Gasteiger partial charge is 0.267 e. The highest BCUT2D eigenvalue weighted by atomic mass is 32.2. The minimum atomic E-state index is -3.52. The lowest BCUT2D eigenvalue weighted by Crippen LogP contribution is -2.36. The minimum absolute atomic E-state index is 0.0573. The molecular formula is C16H16N2O2S. The van der Waals surface area contributed by atoms with Crippen molar-refractivity contribution in [1.82, 2.24) is 4.72 Å². The monoisotopic (exact) mass is 300 g/mol. The van der Waals surface area contributed by atoms with E-state index in [-0.39, 0.29) is 10.9 Å². The Labute approximate surface area is 124 Å². The summed E-state index contributed by atoms with van der Waals surface area (Å²) in [6, 6.07) is 16.7. The van der Waals surface area contributed by atoms with Gasteiger partial charge in [0.2, 0.25) is 0 Å². The van der Waals surface area contributed by atoms with Crippen molar-refractivity contribution in [3.63, 3.8) is 0 Å². The molecule has 1 N–H and O–H groups in total. The minimum Gasteiger partial charge on any atom is -0.267 e. The van der Waals surface area contributed by atoms with Gasteiger partial charge in [0.05, 0.1) is 10.9 Å². The fraction of sp³-hybridized carbons (Fsp3) is 0.188. The SMILES string of the molecule is Cc1ccc(S(=O)(=O)NC2=NC(c3ccccc3)C2)cc1. The molecule has 0 radical (unpaired) electrons. The van der Waals surface area contributed by atoms with Gasteiger partial charge in [-0.15, -0.1) is 0 Å². The third-order valence-corrected chi connectivity index (χ3v) is 4.86. The molecule has 0 fully saturated rings. The zero-order valence-electron chi connectivity index (χ0n) is 11.7. The van der Waals surface area contributed by atoms with E-state index in [1.807, 2.05) is 37.3 Å². The van der Waals surface area contributed by atoms with Crippen LogP contribution in [0.25, 0.3) is 0 Å². The van der Waals surface area contributed by atoms with Crippen LogP contribution in [0, 0.1) is 6.92 Å². The van der Waals surface area contributed by atoms with Gasteiger partial charge >= 0.3 is 0 Å². The zero-order valence-corrected chi connectivity index (χ0v) is 12.5. The van der Waals surface area contributed by atoms with Crippen LogP contribution in [0.1, 0.15) is 23.6 Å². The van der Waals surface area contributed by atoms with E-state index in [1.54, 1.807) is 24.3 Å². The lowest BCUT2D eigenvalue weighted by molar-refractivity contribution is 0.587. The van der Waals surface area contributed by atoms with Crippen LogP contribution in [0.3, 0.4) is 0 Å². The van der Waals surface area contributed by atoms with E-state index in [0.29, 0.717) is 12.3 Å². The van der Waals surface area contributed by atoms with Crippen molar-refractivity contribution in [3.8, 4) is 0 Å². The van der Waals surface area contributed by atoms with Gasteiger partial charge in [0.1, 0.15) is 5.84 Å². The lowest BCUT2D eigenvalue weighted by atomic mass is 10.00. The maximum absolute atomic E-state index is 12.2. The normalized spacial score (nSPS) is 17.8. The molecule has 21 heavy (non-hydrogen) atoms. The standard InChI is InChI=1S/C16H16N2O2S/c1-12-7-9-14(10-8-12)21(19,20)18-16-11-15(17-16)13-5-3-2-4-6-13/h2-10,15H,11H2,1H3,(H,17,18). The van der Waals surface area contributed by atoms with Gasteiger partial charge in [0, 0.05) is 6.42 Å². The summed E-state index contributed by atoms with van der Waals surface area (Å²) < 4.78 is 26.9. The van der Waals surface area contributed by atoms with E-state index in [4.69, 9.17) is 0 Å². The lowest BCUT2D eigenvalue weighted by Gasteiger charge is -2.25. The Balaban J connectivity index is 1.72. The van der Waals surface area contributed by atoms with Crippen molar-refractivity contribution < 1.29 is 8.42 Å². The molecule has 0 aromatic heterocycles. The molecule has 4 nitrogen and oxygen atoms in total. The maximum atomic E-state index is 12.2. The maximum Gasteiger partial charge on any atom is 0.262 e. The molecule has 0 saturated carbocycles. The van der Waals surface area contributed by atoms with Gasteiger partial charge in [-0.1, -0.05) is 48.0 Å². The second-order valence-electron chi connectivity index (χ2n) is 5.12. The number of rotatable bonds is 3. The van der Waals surface area contributed by atoms with Crippen molar-refractivity contribution in [2.75, 3.05) is 0 Å². The molecule has 1 aliphatic rings. The van der Waals surface area contributed by atoms with E-state index in [2.05, 4.69) is 9.71 Å². The van der Waals surface area contributed by atoms with Crippen molar-refractivity contribution in [3.05, 3.63) is 65.7 Å². The first-order chi connectivity index (χ1) is 10.0. The van der Waals surface area contributed by atoms with E-state index in [9.17, 15) is 8.42 Å². The number of nitrogens with zero attached hydrogens (tertiary/aromatic N) is 1. The Hall–Kier alpha value is -2.14. The molecule has 2 aromatic carbocycles. The highest BCUT2D eigenvalue weighted by Gasteiger charge is 2.26. The van der Waals surface area contributed by atoms with Gasteiger partial charge in [0.25, 0.3) is 10.0 Å². The smallest absolute Gasteiger partial charge is 0.262 e. The van der Waals surface area contributed by atoms with Crippen molar-refractivity contribution >= 4 is 15.9 Å². The fourth-order valence-corrected chi connectivity index (χ4v) is 3.28. The molecule has 1 unspecified atom stereocenters. The number of hydrogen-bond donors (Lipinski definition) is 1. The third kappa shape index (κ3) is 2.97. The summed E-state index contributed by atoms with van der Waals surface area (Å²) >= 11 is 0. The van der Waals surface area contributed by atoms with Crippen molar-refractivity contribution in [2.24, 2.45) is 4.99 Å². The molecule has 1 heterocycles. The summed E-state index contributed by atoms with van der Waals surface area (Å²) in [6.45, 7) is 1.92. The predicted octanol–water partition coefficient (Wildman–Crippen LogP) is 2.82. The summed E-state index contributed by atoms with van der Waals surface area (Å²) in [7, 11) is -3.52. The van der Waals surface area contributed by atoms with Crippen LogP contribution in [0.5, 0.6) is 0 Å². The number of nitrogens with one attached hydrogen (secondary N) is 1. The van der Waals surface area contributed by atoms with Crippen LogP contribution in [-0.4, -0.2) is 14.3 Å². The summed E-state index contributed by atoms with van der Waals surface area (Å²) in [5.41, 5.74) is 2.13. The molecular weight excluding hydrogens is 284 g/mol. The number of amidine groups is 1. The number of aliphatic imine (C=N–C) groups is 1. The van der Waals surface area contributed by atoms with E-state index in [1.165, 1.54) is 0 Å². The Kier molecular flexibility index (Phi) is 3.51. The molecule has 0 aliphatic carbocycles. The quantitative estimate of drug-likeness (QED) is 0.947. The summed E-state index contributed by atoms with van der Waals surface area (Å²) in [5.74, 6) is 0.518. The van der Waals surface area contributed by atoms with Gasteiger partial charge in [-0.05, 0) is 24.6 Å². The van der Waals surface area contributed by atoms with E-state index in [0.717, 1.165) is 11.1 Å². The highest BCUT2D eigenvalue weighted by Crippen LogP contribution is 2.29. The second kappa shape index (κ2) is 5.33. The van der Waals surface area contributed by atoms with Crippen LogP contribution in [0.4, 0.5) is 0 Å². The van der Waals surface area contributed by atoms with E-state index < -0.39 is 10.0 Å². The Morgan fingerprint density at radius 3 is 2.29 bits per heavy atom. The van der Waals surface area contributed by atoms with E-state index >= 15 is 0 Å². The van der Waals surface area contributed by atoms with Crippen LogP contribution < -0.4 is 4.72 Å². The van der Waals surface area contributed by atoms with Crippen LogP contribution >= 0.6 is 0 Å². The molecule has 1 aliphatic heterocycles. The summed E-state index contributed by atoms with van der Waals surface area (Å²) in [4.78, 5) is 4.61.